The van der Waals surface area contributed by atoms with Crippen LogP contribution in [0.1, 0.15) is 35.3 Å². The van der Waals surface area contributed by atoms with Crippen LogP contribution >= 0.6 is 15.9 Å². The fourth-order valence-corrected chi connectivity index (χ4v) is 3.09. The lowest BCUT2D eigenvalue weighted by atomic mass is 9.66. The predicted molar refractivity (Wildman–Crippen MR) is 89.5 cm³/mol. The molecule has 1 saturated carbocycles. The molecule has 0 radical (unpaired) electrons. The molecule has 118 valence electrons. The first-order valence-corrected chi connectivity index (χ1v) is 8.07. The molecule has 0 saturated heterocycles. The second kappa shape index (κ2) is 6.12. The molecule has 1 aromatic heterocycles. The number of anilines is 1. The highest BCUT2D eigenvalue weighted by Gasteiger charge is 2.47. The van der Waals surface area contributed by atoms with Crippen molar-refractivity contribution in [2.45, 2.75) is 24.7 Å². The second-order valence-electron chi connectivity index (χ2n) is 5.64. The Balaban J connectivity index is 1.75. The van der Waals surface area contributed by atoms with Crippen molar-refractivity contribution in [3.8, 4) is 0 Å². The van der Waals surface area contributed by atoms with Gasteiger partial charge in [0.1, 0.15) is 5.41 Å². The Hall–Kier alpha value is -2.21. The number of hydrogen-bond acceptors (Lipinski definition) is 3. The van der Waals surface area contributed by atoms with E-state index in [4.69, 9.17) is 0 Å². The molecule has 1 heterocycles. The number of pyridine rings is 1. The van der Waals surface area contributed by atoms with Crippen LogP contribution in [0, 0.1) is 0 Å². The van der Waals surface area contributed by atoms with E-state index in [1.54, 1.807) is 30.3 Å². The lowest BCUT2D eigenvalue weighted by Gasteiger charge is -2.36. The van der Waals surface area contributed by atoms with Crippen LogP contribution in [0.5, 0.6) is 0 Å². The number of benzene rings is 1. The summed E-state index contributed by atoms with van der Waals surface area (Å²) in [5, 5.41) is 12.2. The SMILES string of the molecule is O=C(Nc1ccc(C2(C(=O)O)CCC2)nc1)c1cccc(Br)c1. The van der Waals surface area contributed by atoms with Crippen molar-refractivity contribution < 1.29 is 14.7 Å². The van der Waals surface area contributed by atoms with Crippen molar-refractivity contribution >= 4 is 33.5 Å². The predicted octanol–water partition coefficient (Wildman–Crippen LogP) is 3.60. The van der Waals surface area contributed by atoms with Gasteiger partial charge >= 0.3 is 5.97 Å². The first kappa shape index (κ1) is 15.7. The van der Waals surface area contributed by atoms with Crippen LogP contribution in [0.4, 0.5) is 5.69 Å². The smallest absolute Gasteiger partial charge is 0.315 e. The Kier molecular flexibility index (Phi) is 4.17. The zero-order chi connectivity index (χ0) is 16.4. The van der Waals surface area contributed by atoms with E-state index in [1.807, 2.05) is 6.07 Å². The van der Waals surface area contributed by atoms with Gasteiger partial charge in [0, 0.05) is 10.0 Å². The van der Waals surface area contributed by atoms with Crippen LogP contribution in [0.25, 0.3) is 0 Å². The summed E-state index contributed by atoms with van der Waals surface area (Å²) in [6.45, 7) is 0. The van der Waals surface area contributed by atoms with E-state index in [0.717, 1.165) is 10.9 Å². The zero-order valence-electron chi connectivity index (χ0n) is 12.3. The Morgan fingerprint density at radius 2 is 2.00 bits per heavy atom. The fraction of sp³-hybridized carbons (Fsp3) is 0.235. The van der Waals surface area contributed by atoms with Crippen molar-refractivity contribution in [2.24, 2.45) is 0 Å². The molecule has 0 aliphatic heterocycles. The van der Waals surface area contributed by atoms with Crippen molar-refractivity contribution in [3.63, 3.8) is 0 Å². The monoisotopic (exact) mass is 374 g/mol. The van der Waals surface area contributed by atoms with Crippen LogP contribution in [0.15, 0.2) is 47.1 Å². The molecule has 3 rings (SSSR count). The molecule has 1 aliphatic carbocycles. The summed E-state index contributed by atoms with van der Waals surface area (Å²) >= 11 is 3.33. The van der Waals surface area contributed by atoms with E-state index < -0.39 is 11.4 Å². The molecule has 0 bridgehead atoms. The molecule has 5 nitrogen and oxygen atoms in total. The number of carbonyl (C=O) groups is 2. The number of carbonyl (C=O) groups excluding carboxylic acids is 1. The standard InChI is InChI=1S/C17H15BrN2O3/c18-12-4-1-3-11(9-12)15(21)20-13-5-6-14(19-10-13)17(16(22)23)7-2-8-17/h1,3-6,9-10H,2,7-8H2,(H,20,21)(H,22,23). The summed E-state index contributed by atoms with van der Waals surface area (Å²) in [6, 6.07) is 10.5. The minimum Gasteiger partial charge on any atom is -0.481 e. The van der Waals surface area contributed by atoms with Crippen molar-refractivity contribution in [2.75, 3.05) is 5.32 Å². The Morgan fingerprint density at radius 1 is 1.22 bits per heavy atom. The van der Waals surface area contributed by atoms with E-state index in [9.17, 15) is 14.7 Å². The average molecular weight is 375 g/mol. The van der Waals surface area contributed by atoms with Gasteiger partial charge in [0.2, 0.25) is 0 Å². The van der Waals surface area contributed by atoms with Crippen molar-refractivity contribution in [1.82, 2.24) is 4.98 Å². The molecule has 1 aliphatic rings. The fourth-order valence-electron chi connectivity index (χ4n) is 2.69. The number of carboxylic acids is 1. The van der Waals surface area contributed by atoms with Crippen molar-refractivity contribution in [3.05, 3.63) is 58.3 Å². The minimum absolute atomic E-state index is 0.238. The average Bonchev–Trinajstić information content (AvgIpc) is 2.47. The van der Waals surface area contributed by atoms with Gasteiger partial charge in [-0.3, -0.25) is 14.6 Å². The van der Waals surface area contributed by atoms with Gasteiger partial charge in [-0.1, -0.05) is 28.4 Å². The Labute approximate surface area is 141 Å². The molecule has 0 unspecified atom stereocenters. The normalized spacial score (nSPS) is 15.5. The highest BCUT2D eigenvalue weighted by molar-refractivity contribution is 9.10. The molecule has 0 spiro atoms. The first-order valence-electron chi connectivity index (χ1n) is 7.28. The number of amides is 1. The highest BCUT2D eigenvalue weighted by Crippen LogP contribution is 2.43. The molecule has 1 fully saturated rings. The third-order valence-electron chi connectivity index (χ3n) is 4.21. The summed E-state index contributed by atoms with van der Waals surface area (Å²) in [6.07, 6.45) is 3.63. The molecule has 1 amide bonds. The number of halogens is 1. The number of rotatable bonds is 4. The summed E-state index contributed by atoms with van der Waals surface area (Å²) in [5.74, 6) is -1.07. The van der Waals surface area contributed by atoms with Crippen LogP contribution in [-0.4, -0.2) is 22.0 Å². The molecular formula is C17H15BrN2O3. The second-order valence-corrected chi connectivity index (χ2v) is 6.55. The van der Waals surface area contributed by atoms with Crippen LogP contribution in [-0.2, 0) is 10.2 Å². The van der Waals surface area contributed by atoms with Crippen LogP contribution in [0.3, 0.4) is 0 Å². The maximum Gasteiger partial charge on any atom is 0.315 e. The molecular weight excluding hydrogens is 360 g/mol. The van der Waals surface area contributed by atoms with Gasteiger partial charge in [-0.15, -0.1) is 0 Å². The highest BCUT2D eigenvalue weighted by atomic mass is 79.9. The molecule has 1 aromatic carbocycles. The van der Waals surface area contributed by atoms with Gasteiger partial charge in [-0.05, 0) is 43.2 Å². The summed E-state index contributed by atoms with van der Waals surface area (Å²) in [5.41, 5.74) is 0.770. The number of aliphatic carboxylic acids is 1. The number of carboxylic acid groups (broad SMARTS) is 1. The summed E-state index contributed by atoms with van der Waals surface area (Å²) in [4.78, 5) is 27.9. The summed E-state index contributed by atoms with van der Waals surface area (Å²) in [7, 11) is 0. The maximum atomic E-state index is 12.2. The van der Waals surface area contributed by atoms with Gasteiger partial charge in [-0.2, -0.15) is 0 Å². The molecule has 2 N–H and O–H groups in total. The van der Waals surface area contributed by atoms with Gasteiger partial charge in [0.25, 0.3) is 5.91 Å². The molecule has 23 heavy (non-hydrogen) atoms. The number of aromatic nitrogens is 1. The van der Waals surface area contributed by atoms with Gasteiger partial charge in [0.05, 0.1) is 17.6 Å². The number of hydrogen-bond donors (Lipinski definition) is 2. The first-order chi connectivity index (χ1) is 11.0. The molecule has 6 heteroatoms. The van der Waals surface area contributed by atoms with Gasteiger partial charge < -0.3 is 10.4 Å². The lowest BCUT2D eigenvalue weighted by Crippen LogP contribution is -2.43. The largest absolute Gasteiger partial charge is 0.481 e. The topological polar surface area (TPSA) is 79.3 Å². The number of nitrogens with zero attached hydrogens (tertiary/aromatic N) is 1. The quantitative estimate of drug-likeness (QED) is 0.856. The van der Waals surface area contributed by atoms with Crippen LogP contribution < -0.4 is 5.32 Å². The van der Waals surface area contributed by atoms with E-state index in [2.05, 4.69) is 26.2 Å². The molecule has 2 aromatic rings. The summed E-state index contributed by atoms with van der Waals surface area (Å²) < 4.78 is 0.826. The minimum atomic E-state index is -0.854. The lowest BCUT2D eigenvalue weighted by molar-refractivity contribution is -0.147. The maximum absolute atomic E-state index is 12.2. The van der Waals surface area contributed by atoms with Crippen molar-refractivity contribution in [1.29, 1.82) is 0 Å². The third-order valence-corrected chi connectivity index (χ3v) is 4.71. The van der Waals surface area contributed by atoms with E-state index in [0.29, 0.717) is 29.8 Å². The number of nitrogens with one attached hydrogen (secondary N) is 1. The molecule has 0 atom stereocenters. The van der Waals surface area contributed by atoms with Gasteiger partial charge in [0.15, 0.2) is 0 Å². The van der Waals surface area contributed by atoms with E-state index >= 15 is 0 Å². The zero-order valence-corrected chi connectivity index (χ0v) is 13.8. The Bertz CT molecular complexity index is 755. The Morgan fingerprint density at radius 3 is 2.52 bits per heavy atom. The van der Waals surface area contributed by atoms with Gasteiger partial charge in [-0.25, -0.2) is 0 Å². The van der Waals surface area contributed by atoms with E-state index in [1.165, 1.54) is 6.20 Å². The third kappa shape index (κ3) is 2.99. The van der Waals surface area contributed by atoms with Crippen LogP contribution in [0.2, 0.25) is 0 Å². The van der Waals surface area contributed by atoms with E-state index in [-0.39, 0.29) is 5.91 Å².